The van der Waals surface area contributed by atoms with Crippen LogP contribution in [0.15, 0.2) is 18.2 Å². The van der Waals surface area contributed by atoms with Crippen LogP contribution in [0.3, 0.4) is 0 Å². The summed E-state index contributed by atoms with van der Waals surface area (Å²) in [4.78, 5) is 22.7. The molecule has 19 heavy (non-hydrogen) atoms. The van der Waals surface area contributed by atoms with Crippen molar-refractivity contribution in [2.24, 2.45) is 0 Å². The number of benzene rings is 1. The molecule has 1 aromatic rings. The van der Waals surface area contributed by atoms with E-state index in [0.29, 0.717) is 17.7 Å². The molecule has 0 radical (unpaired) electrons. The number of amides is 1. The molecule has 1 aliphatic heterocycles. The largest absolute Gasteiger partial charge is 0.478 e. The molecular formula is C14H17NO4. The number of carbonyl (C=O) groups excluding carboxylic acids is 1. The summed E-state index contributed by atoms with van der Waals surface area (Å²) in [6.07, 6.45) is 2.29. The molecule has 0 saturated carbocycles. The lowest BCUT2D eigenvalue weighted by atomic mass is 10.1. The summed E-state index contributed by atoms with van der Waals surface area (Å²) >= 11 is 0. The fraction of sp³-hybridized carbons (Fsp3) is 0.429. The number of carbonyl (C=O) groups is 2. The first-order chi connectivity index (χ1) is 9.06. The van der Waals surface area contributed by atoms with Gasteiger partial charge in [-0.2, -0.15) is 0 Å². The van der Waals surface area contributed by atoms with Crippen LogP contribution in [0.2, 0.25) is 0 Å². The summed E-state index contributed by atoms with van der Waals surface area (Å²) in [5.74, 6) is -1.07. The van der Waals surface area contributed by atoms with Crippen LogP contribution < -0.4 is 5.32 Å². The van der Waals surface area contributed by atoms with E-state index >= 15 is 0 Å². The van der Waals surface area contributed by atoms with Crippen molar-refractivity contribution >= 4 is 17.6 Å². The number of nitrogens with one attached hydrogen (secondary N) is 1. The predicted molar refractivity (Wildman–Crippen MR) is 70.4 cm³/mol. The van der Waals surface area contributed by atoms with E-state index in [1.54, 1.807) is 19.1 Å². The normalized spacial score (nSPS) is 18.3. The minimum Gasteiger partial charge on any atom is -0.478 e. The first-order valence-electron chi connectivity index (χ1n) is 6.31. The molecule has 1 atom stereocenters. The Morgan fingerprint density at radius 1 is 1.47 bits per heavy atom. The van der Waals surface area contributed by atoms with E-state index < -0.39 is 5.97 Å². The zero-order chi connectivity index (χ0) is 13.8. The van der Waals surface area contributed by atoms with E-state index in [1.807, 2.05) is 0 Å². The molecule has 2 N–H and O–H groups in total. The van der Waals surface area contributed by atoms with Crippen LogP contribution in [0.1, 0.15) is 35.2 Å². The third-order valence-electron chi connectivity index (χ3n) is 3.18. The molecule has 1 saturated heterocycles. The highest BCUT2D eigenvalue weighted by molar-refractivity contribution is 5.93. The second-order valence-corrected chi connectivity index (χ2v) is 4.72. The molecule has 102 valence electrons. The van der Waals surface area contributed by atoms with Gasteiger partial charge in [-0.15, -0.1) is 0 Å². The molecule has 1 unspecified atom stereocenters. The zero-order valence-corrected chi connectivity index (χ0v) is 10.8. The second kappa shape index (κ2) is 5.84. The molecule has 0 aliphatic carbocycles. The van der Waals surface area contributed by atoms with Crippen molar-refractivity contribution in [2.75, 3.05) is 11.9 Å². The minimum atomic E-state index is -0.963. The van der Waals surface area contributed by atoms with Gasteiger partial charge in [-0.3, -0.25) is 4.79 Å². The number of carboxylic acid groups (broad SMARTS) is 1. The van der Waals surface area contributed by atoms with Gasteiger partial charge in [0.25, 0.3) is 0 Å². The van der Waals surface area contributed by atoms with Crippen LogP contribution in [0.4, 0.5) is 5.69 Å². The molecule has 1 fully saturated rings. The van der Waals surface area contributed by atoms with Gasteiger partial charge >= 0.3 is 5.97 Å². The van der Waals surface area contributed by atoms with Crippen molar-refractivity contribution in [3.8, 4) is 0 Å². The molecule has 5 nitrogen and oxygen atoms in total. The topological polar surface area (TPSA) is 75.6 Å². The monoisotopic (exact) mass is 263 g/mol. The third kappa shape index (κ3) is 3.54. The summed E-state index contributed by atoms with van der Waals surface area (Å²) in [5, 5.41) is 11.7. The Hall–Kier alpha value is -1.88. The highest BCUT2D eigenvalue weighted by Gasteiger charge is 2.19. The summed E-state index contributed by atoms with van der Waals surface area (Å²) < 4.78 is 5.40. The average Bonchev–Trinajstić information content (AvgIpc) is 2.81. The lowest BCUT2D eigenvalue weighted by Crippen LogP contribution is -2.19. The number of carboxylic acids is 1. The van der Waals surface area contributed by atoms with Gasteiger partial charge in [-0.05, 0) is 43.5 Å². The van der Waals surface area contributed by atoms with Gasteiger partial charge in [0.15, 0.2) is 0 Å². The summed E-state index contributed by atoms with van der Waals surface area (Å²) in [7, 11) is 0. The maximum absolute atomic E-state index is 11.8. The summed E-state index contributed by atoms with van der Waals surface area (Å²) in [6.45, 7) is 2.43. The maximum Gasteiger partial charge on any atom is 0.335 e. The molecule has 5 heteroatoms. The van der Waals surface area contributed by atoms with E-state index in [0.717, 1.165) is 19.4 Å². The number of hydrogen-bond donors (Lipinski definition) is 2. The Balaban J connectivity index is 1.96. The van der Waals surface area contributed by atoms with Crippen LogP contribution in [0.25, 0.3) is 0 Å². The molecule has 0 aromatic heterocycles. The standard InChI is InChI=1S/C14H17NO4/c1-9-7-10(4-5-12(9)14(17)18)15-13(16)8-11-3-2-6-19-11/h4-5,7,11H,2-3,6,8H2,1H3,(H,15,16)(H,17,18). The van der Waals surface area contributed by atoms with Gasteiger partial charge in [0, 0.05) is 12.3 Å². The second-order valence-electron chi connectivity index (χ2n) is 4.72. The van der Waals surface area contributed by atoms with Crippen LogP contribution in [-0.2, 0) is 9.53 Å². The average molecular weight is 263 g/mol. The molecule has 0 spiro atoms. The third-order valence-corrected chi connectivity index (χ3v) is 3.18. The number of ether oxygens (including phenoxy) is 1. The Morgan fingerprint density at radius 3 is 2.84 bits per heavy atom. The fourth-order valence-corrected chi connectivity index (χ4v) is 2.21. The quantitative estimate of drug-likeness (QED) is 0.873. The zero-order valence-electron chi connectivity index (χ0n) is 10.8. The molecule has 2 rings (SSSR count). The van der Waals surface area contributed by atoms with Crippen LogP contribution in [0.5, 0.6) is 0 Å². The van der Waals surface area contributed by atoms with E-state index in [4.69, 9.17) is 9.84 Å². The van der Waals surface area contributed by atoms with Gasteiger partial charge in [0.1, 0.15) is 0 Å². The number of aryl methyl sites for hydroxylation is 1. The van der Waals surface area contributed by atoms with Gasteiger partial charge in [-0.25, -0.2) is 4.79 Å². The van der Waals surface area contributed by atoms with Crippen molar-refractivity contribution in [3.63, 3.8) is 0 Å². The molecule has 1 aromatic carbocycles. The Morgan fingerprint density at radius 2 is 2.26 bits per heavy atom. The smallest absolute Gasteiger partial charge is 0.335 e. The van der Waals surface area contributed by atoms with Crippen molar-refractivity contribution in [3.05, 3.63) is 29.3 Å². The minimum absolute atomic E-state index is 0.0133. The highest BCUT2D eigenvalue weighted by Crippen LogP contribution is 2.18. The van der Waals surface area contributed by atoms with Crippen LogP contribution in [-0.4, -0.2) is 29.7 Å². The number of aromatic carboxylic acids is 1. The SMILES string of the molecule is Cc1cc(NC(=O)CC2CCCO2)ccc1C(=O)O. The maximum atomic E-state index is 11.8. The van der Waals surface area contributed by atoms with Crippen LogP contribution >= 0.6 is 0 Å². The van der Waals surface area contributed by atoms with Crippen molar-refractivity contribution < 1.29 is 19.4 Å². The van der Waals surface area contributed by atoms with E-state index in [-0.39, 0.29) is 17.6 Å². The molecule has 1 heterocycles. The van der Waals surface area contributed by atoms with E-state index in [9.17, 15) is 9.59 Å². The van der Waals surface area contributed by atoms with Gasteiger partial charge < -0.3 is 15.2 Å². The molecule has 0 bridgehead atoms. The summed E-state index contributed by atoms with van der Waals surface area (Å²) in [5.41, 5.74) is 1.49. The Bertz CT molecular complexity index is 492. The van der Waals surface area contributed by atoms with Crippen molar-refractivity contribution in [2.45, 2.75) is 32.3 Å². The van der Waals surface area contributed by atoms with Gasteiger partial charge in [0.2, 0.25) is 5.91 Å². The molecule has 1 aliphatic rings. The van der Waals surface area contributed by atoms with Crippen LogP contribution in [0, 0.1) is 6.92 Å². The van der Waals surface area contributed by atoms with E-state index in [2.05, 4.69) is 5.32 Å². The highest BCUT2D eigenvalue weighted by atomic mass is 16.5. The van der Waals surface area contributed by atoms with Crippen molar-refractivity contribution in [1.29, 1.82) is 0 Å². The van der Waals surface area contributed by atoms with Crippen molar-refractivity contribution in [1.82, 2.24) is 0 Å². The molecular weight excluding hydrogens is 246 g/mol. The number of hydrogen-bond acceptors (Lipinski definition) is 3. The number of rotatable bonds is 4. The summed E-state index contributed by atoms with van der Waals surface area (Å²) in [6, 6.07) is 4.76. The predicted octanol–water partition coefficient (Wildman–Crippen LogP) is 2.20. The van der Waals surface area contributed by atoms with E-state index in [1.165, 1.54) is 6.07 Å². The lowest BCUT2D eigenvalue weighted by molar-refractivity contribution is -0.118. The number of anilines is 1. The fourth-order valence-electron chi connectivity index (χ4n) is 2.21. The lowest BCUT2D eigenvalue weighted by Gasteiger charge is -2.11. The first kappa shape index (κ1) is 13.5. The Labute approximate surface area is 111 Å². The first-order valence-corrected chi connectivity index (χ1v) is 6.31. The van der Waals surface area contributed by atoms with Gasteiger partial charge in [-0.1, -0.05) is 0 Å². The molecule has 1 amide bonds. The Kier molecular flexibility index (Phi) is 4.16. The van der Waals surface area contributed by atoms with Gasteiger partial charge in [0.05, 0.1) is 18.1 Å².